The van der Waals surface area contributed by atoms with Gasteiger partial charge < -0.3 is 62.5 Å². The molecule has 0 radical (unpaired) electrons. The molecular formula is C56H75N11O20S. The van der Waals surface area contributed by atoms with E-state index in [0.717, 1.165) is 5.56 Å². The summed E-state index contributed by atoms with van der Waals surface area (Å²) in [6, 6.07) is 19.0. The number of carboxylic acid groups (broad SMARTS) is 1. The molecule has 4 atom stereocenters. The summed E-state index contributed by atoms with van der Waals surface area (Å²) in [5.41, 5.74) is 15.8. The Kier molecular flexibility index (Phi) is 29.4. The number of amides is 6. The summed E-state index contributed by atoms with van der Waals surface area (Å²) < 4.78 is 20.3. The van der Waals surface area contributed by atoms with Crippen molar-refractivity contribution in [3.8, 4) is 0 Å². The number of carbonyl (C=O) groups excluding carboxylic acids is 6. The Morgan fingerprint density at radius 2 is 0.580 bits per heavy atom. The van der Waals surface area contributed by atoms with Gasteiger partial charge in [0.05, 0.1) is 30.7 Å². The molecule has 31 nitrogen and oxygen atoms in total. The number of nitrogens with two attached hydrogens (primary N) is 3. The van der Waals surface area contributed by atoms with E-state index in [9.17, 15) is 74.0 Å². The monoisotopic (exact) mass is 1250 g/mol. The quantitative estimate of drug-likeness (QED) is 0.0184. The van der Waals surface area contributed by atoms with Gasteiger partial charge in [0.25, 0.3) is 22.7 Å². The van der Waals surface area contributed by atoms with Crippen molar-refractivity contribution in [2.75, 3.05) is 0 Å². The van der Waals surface area contributed by atoms with Crippen molar-refractivity contribution in [1.82, 2.24) is 21.3 Å². The van der Waals surface area contributed by atoms with Crippen molar-refractivity contribution in [3.63, 3.8) is 0 Å². The number of hydrogen-bond donors (Lipinski definition) is 8. The Morgan fingerprint density at radius 1 is 0.398 bits per heavy atom. The molecule has 0 saturated carbocycles. The summed E-state index contributed by atoms with van der Waals surface area (Å²) in [7, 11) is 0. The summed E-state index contributed by atoms with van der Waals surface area (Å²) in [4.78, 5) is 121. The van der Waals surface area contributed by atoms with Gasteiger partial charge in [-0.05, 0) is 112 Å². The number of thiocarbonyl (C=S) groups is 1. The molecule has 4 rings (SSSR count). The molecular weight excluding hydrogens is 1180 g/mol. The van der Waals surface area contributed by atoms with E-state index >= 15 is 0 Å². The van der Waals surface area contributed by atoms with E-state index in [0.29, 0.717) is 23.1 Å². The van der Waals surface area contributed by atoms with Crippen LogP contribution in [0.15, 0.2) is 97.1 Å². The molecule has 88 heavy (non-hydrogen) atoms. The number of nitro benzene ring substituents is 4. The van der Waals surface area contributed by atoms with E-state index in [4.69, 9.17) is 53.5 Å². The van der Waals surface area contributed by atoms with Gasteiger partial charge in [-0.2, -0.15) is 0 Å². The van der Waals surface area contributed by atoms with Crippen LogP contribution in [0, 0.1) is 40.5 Å². The van der Waals surface area contributed by atoms with Crippen molar-refractivity contribution in [3.05, 3.63) is 160 Å². The molecule has 0 aromatic heterocycles. The van der Waals surface area contributed by atoms with Crippen LogP contribution in [0.5, 0.6) is 0 Å². The Balaban J connectivity index is 0.000000587. The number of primary amides is 2. The van der Waals surface area contributed by atoms with Crippen LogP contribution in [0.3, 0.4) is 0 Å². The van der Waals surface area contributed by atoms with Crippen molar-refractivity contribution in [2.24, 2.45) is 17.2 Å². The molecule has 0 aliphatic carbocycles. The van der Waals surface area contributed by atoms with Gasteiger partial charge in [0.2, 0.25) is 11.8 Å². The van der Waals surface area contributed by atoms with Gasteiger partial charge in [0.1, 0.15) is 40.5 Å². The van der Waals surface area contributed by atoms with Crippen LogP contribution in [-0.2, 0) is 59.0 Å². The standard InChI is InChI=1S/2C14H19N3O5.C14H19N3O4S.C14H18N2O6/c2*1-14(2,3)22-13(19)16-11(12(15)18)8-9-4-6-10(7-5-9)17(20)21;1-14(2,3)21-13(18)16-11(12(15)22)8-9-4-6-10(7-5-9)17(19)20;1-14(2,3)22-13(19)15-11(12(17)18)8-9-4-6-10(7-5-9)16(20)21/h2*4-7,11H,8H2,1-3H3,(H2,15,18)(H,16,19);4-7,11H,8H2,1-3H3,(H2,15,22)(H,16,18);4-7,11H,8H2,1-3H3,(H,15,19)(H,17,18)/t4*11-/m0000/s1. The molecule has 6 amide bonds. The number of non-ortho nitro benzene ring substituents is 4. The number of rotatable bonds is 20. The lowest BCUT2D eigenvalue weighted by Crippen LogP contribution is -2.47. The molecule has 4 aromatic carbocycles. The first kappa shape index (κ1) is 75.9. The van der Waals surface area contributed by atoms with Crippen LogP contribution >= 0.6 is 12.2 Å². The van der Waals surface area contributed by atoms with Crippen molar-refractivity contribution in [1.29, 1.82) is 0 Å². The molecule has 0 fully saturated rings. The number of nitro groups is 4. The third-order valence-corrected chi connectivity index (χ3v) is 10.7. The number of aliphatic carboxylic acids is 1. The van der Waals surface area contributed by atoms with Gasteiger partial charge in [0, 0.05) is 67.8 Å². The first-order valence-electron chi connectivity index (χ1n) is 26.4. The van der Waals surface area contributed by atoms with Crippen LogP contribution < -0.4 is 38.5 Å². The first-order chi connectivity index (χ1) is 40.3. The summed E-state index contributed by atoms with van der Waals surface area (Å²) in [6.07, 6.45) is -2.40. The number of carbonyl (C=O) groups is 7. The average Bonchev–Trinajstić information content (AvgIpc) is 3.57. The molecule has 0 aliphatic rings. The van der Waals surface area contributed by atoms with E-state index in [-0.39, 0.29) is 47.0 Å². The van der Waals surface area contributed by atoms with E-state index in [1.807, 2.05) is 0 Å². The number of ether oxygens (including phenoxy) is 4. The molecule has 11 N–H and O–H groups in total. The van der Waals surface area contributed by atoms with Gasteiger partial charge in [-0.3, -0.25) is 50.0 Å². The molecule has 0 heterocycles. The van der Waals surface area contributed by atoms with Gasteiger partial charge in [-0.1, -0.05) is 60.7 Å². The minimum atomic E-state index is -1.22. The van der Waals surface area contributed by atoms with Crippen LogP contribution in [0.1, 0.15) is 105 Å². The highest BCUT2D eigenvalue weighted by atomic mass is 32.1. The van der Waals surface area contributed by atoms with E-state index in [1.165, 1.54) is 84.9 Å². The molecule has 0 spiro atoms. The molecule has 480 valence electrons. The molecule has 0 saturated heterocycles. The number of alkyl carbamates (subject to hydrolysis) is 4. The van der Waals surface area contributed by atoms with Crippen LogP contribution in [0.25, 0.3) is 0 Å². The van der Waals surface area contributed by atoms with E-state index in [2.05, 4.69) is 21.3 Å². The van der Waals surface area contributed by atoms with E-state index in [1.54, 1.807) is 95.2 Å². The maximum absolute atomic E-state index is 11.8. The van der Waals surface area contributed by atoms with Crippen LogP contribution in [0.2, 0.25) is 0 Å². The lowest BCUT2D eigenvalue weighted by atomic mass is 10.1. The second-order valence-corrected chi connectivity index (χ2v) is 23.3. The number of nitrogens with one attached hydrogen (secondary N) is 4. The summed E-state index contributed by atoms with van der Waals surface area (Å²) in [6.45, 7) is 20.4. The fraction of sp³-hybridized carbons (Fsp3) is 0.429. The zero-order valence-corrected chi connectivity index (χ0v) is 51.3. The Morgan fingerprint density at radius 3 is 0.750 bits per heavy atom. The lowest BCUT2D eigenvalue weighted by Gasteiger charge is -2.23. The predicted octanol–water partition coefficient (Wildman–Crippen LogP) is 7.46. The molecule has 32 heteroatoms. The Labute approximate surface area is 511 Å². The van der Waals surface area contributed by atoms with Crippen molar-refractivity contribution < 1.29 is 77.3 Å². The van der Waals surface area contributed by atoms with Crippen molar-refractivity contribution >= 4 is 82.1 Å². The van der Waals surface area contributed by atoms with E-state index < -0.39 is 108 Å². The smallest absolute Gasteiger partial charge is 0.408 e. The SMILES string of the molecule is CC(C)(C)OC(=O)N[C@@H](Cc1ccc([N+](=O)[O-])cc1)C(=O)O.CC(C)(C)OC(=O)N[C@@H](Cc1ccc([N+](=O)[O-])cc1)C(N)=O.CC(C)(C)OC(=O)N[C@@H](Cc1ccc([N+](=O)[O-])cc1)C(N)=O.CC(C)(C)OC(=O)N[C@@H](Cc1ccc([N+](=O)[O-])cc1)C(N)=S. The Bertz CT molecular complexity index is 2670. The fourth-order valence-corrected chi connectivity index (χ4v) is 6.77. The van der Waals surface area contributed by atoms with Gasteiger partial charge in [0.15, 0.2) is 0 Å². The molecule has 4 aromatic rings. The largest absolute Gasteiger partial charge is 0.480 e. The number of carboxylic acids is 1. The fourth-order valence-electron chi connectivity index (χ4n) is 6.63. The minimum Gasteiger partial charge on any atom is -0.480 e. The summed E-state index contributed by atoms with van der Waals surface area (Å²) in [5.74, 6) is -2.65. The van der Waals surface area contributed by atoms with Gasteiger partial charge in [-0.25, -0.2) is 24.0 Å². The number of hydrogen-bond acceptors (Lipinski definition) is 20. The highest BCUT2D eigenvalue weighted by molar-refractivity contribution is 7.80. The second-order valence-electron chi connectivity index (χ2n) is 22.9. The molecule has 0 unspecified atom stereocenters. The second kappa shape index (κ2) is 34.1. The van der Waals surface area contributed by atoms with Gasteiger partial charge >= 0.3 is 30.3 Å². The first-order valence-corrected chi connectivity index (χ1v) is 26.8. The third-order valence-electron chi connectivity index (χ3n) is 10.4. The zero-order valence-electron chi connectivity index (χ0n) is 50.5. The van der Waals surface area contributed by atoms with Crippen LogP contribution in [0.4, 0.5) is 41.9 Å². The third kappa shape index (κ3) is 32.8. The summed E-state index contributed by atoms with van der Waals surface area (Å²) >= 11 is 4.94. The maximum Gasteiger partial charge on any atom is 0.408 e. The van der Waals surface area contributed by atoms with Crippen LogP contribution in [-0.4, -0.2) is 119 Å². The topological polar surface area (TPSA) is 475 Å². The summed E-state index contributed by atoms with van der Waals surface area (Å²) in [5, 5.41) is 61.1. The average molecular weight is 1250 g/mol. The lowest BCUT2D eigenvalue weighted by molar-refractivity contribution is -0.385. The molecule has 0 bridgehead atoms. The molecule has 0 aliphatic heterocycles. The number of nitrogens with zero attached hydrogens (tertiary/aromatic N) is 4. The maximum atomic E-state index is 11.8. The predicted molar refractivity (Wildman–Crippen MR) is 323 cm³/mol. The minimum absolute atomic E-state index is 0.00396. The Hall–Kier alpha value is -10.1. The normalized spacial score (nSPS) is 12.3. The zero-order chi connectivity index (χ0) is 67.7. The number of benzene rings is 4. The van der Waals surface area contributed by atoms with Crippen molar-refractivity contribution in [2.45, 2.75) is 155 Å². The highest BCUT2D eigenvalue weighted by Gasteiger charge is 2.27. The van der Waals surface area contributed by atoms with Gasteiger partial charge in [-0.15, -0.1) is 0 Å². The highest BCUT2D eigenvalue weighted by Crippen LogP contribution is 2.19.